The summed E-state index contributed by atoms with van der Waals surface area (Å²) in [4.78, 5) is 0. The molecule has 0 radical (unpaired) electrons. The van der Waals surface area contributed by atoms with Gasteiger partial charge >= 0.3 is 6.18 Å². The number of alkyl halides is 3. The molecule has 0 heterocycles. The van der Waals surface area contributed by atoms with Gasteiger partial charge in [0.1, 0.15) is 12.4 Å². The van der Waals surface area contributed by atoms with Gasteiger partial charge < -0.3 is 9.26 Å². The number of allylic oxidation sites excluding steroid dienone is 2. The molecule has 1 rings (SSSR count). The smallest absolute Gasteiger partial charge is 0.449 e. The topological polar surface area (TPSA) is 69.7 Å². The van der Waals surface area contributed by atoms with Gasteiger partial charge in [-0.1, -0.05) is 90.7 Å². The van der Waals surface area contributed by atoms with Gasteiger partial charge in [-0.05, 0) is 36.6 Å². The van der Waals surface area contributed by atoms with E-state index >= 15 is 0 Å². The lowest BCUT2D eigenvalue weighted by molar-refractivity contribution is -0.116. The summed E-state index contributed by atoms with van der Waals surface area (Å²) in [5.41, 5.74) is 0.583. The van der Waals surface area contributed by atoms with E-state index in [1.165, 1.54) is 38.5 Å². The van der Waals surface area contributed by atoms with Crippen molar-refractivity contribution in [3.8, 4) is 5.75 Å². The summed E-state index contributed by atoms with van der Waals surface area (Å²) in [7, 11) is -6.56. The average Bonchev–Trinajstić information content (AvgIpc) is 2.87. The largest absolute Gasteiger partial charge is 0.493 e. The predicted octanol–water partition coefficient (Wildman–Crippen LogP) is 8.72. The third-order valence-corrected chi connectivity index (χ3v) is 10.6. The van der Waals surface area contributed by atoms with E-state index in [0.717, 1.165) is 25.3 Å². The third-order valence-electron chi connectivity index (χ3n) is 6.43. The number of unbranched alkanes of at least 4 members (excludes halogenated alkanes) is 9. The Bertz CT molecular complexity index is 952. The van der Waals surface area contributed by atoms with Gasteiger partial charge in [-0.3, -0.25) is 4.57 Å². The molecule has 0 aromatic heterocycles. The van der Waals surface area contributed by atoms with Crippen LogP contribution >= 0.6 is 7.37 Å². The number of sulfone groups is 1. The van der Waals surface area contributed by atoms with Crippen molar-refractivity contribution in [3.05, 3.63) is 41.7 Å². The summed E-state index contributed by atoms with van der Waals surface area (Å²) in [6, 6.07) is 6.40. The molecule has 0 N–H and O–H groups in total. The number of hydrogen-bond acceptors (Lipinski definition) is 5. The van der Waals surface area contributed by atoms with Crippen LogP contribution in [0.3, 0.4) is 0 Å². The summed E-state index contributed by atoms with van der Waals surface area (Å²) in [6.07, 6.45) is 7.58. The lowest BCUT2D eigenvalue weighted by Gasteiger charge is -2.20. The molecular formula is C28H46F3O5PS. The van der Waals surface area contributed by atoms with E-state index in [2.05, 4.69) is 6.92 Å². The van der Waals surface area contributed by atoms with Crippen LogP contribution in [0, 0.1) is 0 Å². The molecule has 0 fully saturated rings. The molecular weight excluding hydrogens is 536 g/mol. The van der Waals surface area contributed by atoms with E-state index in [-0.39, 0.29) is 36.9 Å². The molecule has 5 nitrogen and oxygen atoms in total. The molecule has 0 bridgehead atoms. The number of ether oxygens (including phenoxy) is 1. The van der Waals surface area contributed by atoms with Crippen molar-refractivity contribution >= 4 is 17.2 Å². The summed E-state index contributed by atoms with van der Waals surface area (Å²) in [5.74, 6) is -0.709. The normalized spacial score (nSPS) is 13.1. The van der Waals surface area contributed by atoms with Gasteiger partial charge in [0.15, 0.2) is 9.84 Å². The molecule has 1 aromatic rings. The van der Waals surface area contributed by atoms with Crippen LogP contribution < -0.4 is 4.74 Å². The minimum absolute atomic E-state index is 0.0225. The molecule has 0 saturated heterocycles. The third kappa shape index (κ3) is 15.2. The van der Waals surface area contributed by atoms with Crippen LogP contribution in [0.1, 0.15) is 90.5 Å². The quantitative estimate of drug-likeness (QED) is 0.0824. The molecule has 220 valence electrons. The zero-order valence-electron chi connectivity index (χ0n) is 23.2. The highest BCUT2D eigenvalue weighted by molar-refractivity contribution is 7.91. The zero-order valence-corrected chi connectivity index (χ0v) is 24.9. The number of hydrogen-bond donors (Lipinski definition) is 0. The minimum atomic E-state index is -4.73. The van der Waals surface area contributed by atoms with Gasteiger partial charge in [0.2, 0.25) is 13.1 Å². The van der Waals surface area contributed by atoms with Gasteiger partial charge in [-0.2, -0.15) is 13.2 Å². The van der Waals surface area contributed by atoms with Crippen molar-refractivity contribution in [3.63, 3.8) is 0 Å². The second-order valence-corrected chi connectivity index (χ2v) is 15.0. The predicted molar refractivity (Wildman–Crippen MR) is 150 cm³/mol. The SMILES string of the molecule is CCCCCCCCCCCCS(=O)(=O)CCOc1ccc(C/C=C(/OP(=O)(CC)CC)C(F)(F)F)cc1. The van der Waals surface area contributed by atoms with Crippen LogP contribution in [0.25, 0.3) is 0 Å². The summed E-state index contributed by atoms with van der Waals surface area (Å²) >= 11 is 0. The van der Waals surface area contributed by atoms with Gasteiger partial charge in [-0.15, -0.1) is 0 Å². The van der Waals surface area contributed by atoms with Crippen LogP contribution in [-0.4, -0.2) is 45.0 Å². The van der Waals surface area contributed by atoms with Crippen LogP contribution in [0.4, 0.5) is 13.2 Å². The number of halogens is 3. The summed E-state index contributed by atoms with van der Waals surface area (Å²) in [5, 5.41) is 0. The number of rotatable bonds is 21. The van der Waals surface area contributed by atoms with Crippen molar-refractivity contribution in [1.82, 2.24) is 0 Å². The highest BCUT2D eigenvalue weighted by Crippen LogP contribution is 2.50. The average molecular weight is 583 g/mol. The molecule has 0 unspecified atom stereocenters. The molecule has 0 aliphatic heterocycles. The molecule has 0 spiro atoms. The van der Waals surface area contributed by atoms with Crippen molar-refractivity contribution in [2.75, 3.05) is 30.4 Å². The molecule has 1 aromatic carbocycles. The Labute approximate surface area is 227 Å². The fraction of sp³-hybridized carbons (Fsp3) is 0.714. The molecule has 0 saturated carbocycles. The van der Waals surface area contributed by atoms with Crippen LogP contribution in [0.15, 0.2) is 36.1 Å². The first-order valence-electron chi connectivity index (χ1n) is 13.9. The molecule has 0 aliphatic rings. The lowest BCUT2D eigenvalue weighted by Crippen LogP contribution is -2.17. The van der Waals surface area contributed by atoms with Crippen LogP contribution in [0.2, 0.25) is 0 Å². The summed E-state index contributed by atoms with van der Waals surface area (Å²) in [6.45, 7) is 5.31. The Balaban J connectivity index is 2.40. The Morgan fingerprint density at radius 3 is 1.87 bits per heavy atom. The highest BCUT2D eigenvalue weighted by atomic mass is 32.2. The van der Waals surface area contributed by atoms with E-state index in [1.54, 1.807) is 38.1 Å². The Morgan fingerprint density at radius 2 is 1.37 bits per heavy atom. The maximum Gasteiger partial charge on any atom is 0.449 e. The van der Waals surface area contributed by atoms with Crippen LogP contribution in [-0.2, 0) is 25.3 Å². The van der Waals surface area contributed by atoms with E-state index in [1.807, 2.05) is 0 Å². The molecule has 0 aliphatic carbocycles. The zero-order chi connectivity index (χ0) is 28.5. The van der Waals surface area contributed by atoms with E-state index in [0.29, 0.717) is 17.7 Å². The Morgan fingerprint density at radius 1 is 0.842 bits per heavy atom. The van der Waals surface area contributed by atoms with E-state index < -0.39 is 29.1 Å². The van der Waals surface area contributed by atoms with Gasteiger partial charge in [0.25, 0.3) is 0 Å². The van der Waals surface area contributed by atoms with Gasteiger partial charge in [-0.25, -0.2) is 8.42 Å². The first kappa shape index (κ1) is 34.6. The van der Waals surface area contributed by atoms with E-state index in [9.17, 15) is 26.2 Å². The number of benzene rings is 1. The Kier molecular flexibility index (Phi) is 16.4. The van der Waals surface area contributed by atoms with Gasteiger partial charge in [0.05, 0.1) is 11.5 Å². The van der Waals surface area contributed by atoms with Crippen molar-refractivity contribution in [2.24, 2.45) is 0 Å². The Hall–Kier alpha value is -1.47. The van der Waals surface area contributed by atoms with E-state index in [4.69, 9.17) is 9.26 Å². The van der Waals surface area contributed by atoms with Crippen molar-refractivity contribution in [1.29, 1.82) is 0 Å². The molecule has 0 atom stereocenters. The monoisotopic (exact) mass is 582 g/mol. The van der Waals surface area contributed by atoms with Gasteiger partial charge in [0, 0.05) is 12.3 Å². The fourth-order valence-corrected chi connectivity index (χ4v) is 6.29. The first-order chi connectivity index (χ1) is 17.9. The summed E-state index contributed by atoms with van der Waals surface area (Å²) < 4.78 is 87.4. The second-order valence-electron chi connectivity index (χ2n) is 9.63. The standard InChI is InChI=1S/C28H46F3O5PS/c1-4-7-8-9-10-11-12-13-14-15-23-38(33,34)24-22-35-26-19-16-25(17-20-26)18-21-27(28(29,30)31)36-37(32,5-2)6-3/h16-17,19-21H,4-15,18,22-24H2,1-3H3/b27-21+. The van der Waals surface area contributed by atoms with Crippen LogP contribution in [0.5, 0.6) is 5.75 Å². The fourth-order valence-electron chi connectivity index (χ4n) is 3.87. The molecule has 0 amide bonds. The maximum atomic E-state index is 13.3. The lowest BCUT2D eigenvalue weighted by atomic mass is 10.1. The van der Waals surface area contributed by atoms with Crippen molar-refractivity contribution < 1.29 is 35.4 Å². The highest BCUT2D eigenvalue weighted by Gasteiger charge is 2.39. The minimum Gasteiger partial charge on any atom is -0.493 e. The second kappa shape index (κ2) is 18.0. The van der Waals surface area contributed by atoms with Crippen molar-refractivity contribution in [2.45, 2.75) is 97.6 Å². The molecule has 38 heavy (non-hydrogen) atoms. The first-order valence-corrected chi connectivity index (χ1v) is 17.7. The molecule has 10 heteroatoms. The maximum absolute atomic E-state index is 13.3.